The average molecular weight is 404 g/mol. The van der Waals surface area contributed by atoms with Gasteiger partial charge in [0.05, 0.1) is 19.2 Å². The SMILES string of the molecule is COc1ccc(-c2cc3n(n2)[C@H](C(=O)Nc2ccc(C(C)=O)cc2)CC(=O)N3)cc1. The fraction of sp³-hybridized carbons (Fsp3) is 0.182. The summed E-state index contributed by atoms with van der Waals surface area (Å²) >= 11 is 0. The van der Waals surface area contributed by atoms with Crippen LogP contribution in [0.5, 0.6) is 5.75 Å². The summed E-state index contributed by atoms with van der Waals surface area (Å²) in [7, 11) is 1.59. The van der Waals surface area contributed by atoms with Crippen molar-refractivity contribution in [1.29, 1.82) is 0 Å². The summed E-state index contributed by atoms with van der Waals surface area (Å²) in [5.74, 6) is 0.527. The molecule has 2 heterocycles. The zero-order valence-electron chi connectivity index (χ0n) is 16.5. The molecule has 1 aromatic heterocycles. The molecule has 2 N–H and O–H groups in total. The van der Waals surface area contributed by atoms with E-state index in [4.69, 9.17) is 4.74 Å². The molecular formula is C22H20N4O4. The highest BCUT2D eigenvalue weighted by Crippen LogP contribution is 2.31. The predicted octanol–water partition coefficient (Wildman–Crippen LogP) is 3.28. The Labute approximate surface area is 172 Å². The van der Waals surface area contributed by atoms with Crippen molar-refractivity contribution in [3.63, 3.8) is 0 Å². The minimum absolute atomic E-state index is 0.0197. The molecule has 0 spiro atoms. The quantitative estimate of drug-likeness (QED) is 0.636. The van der Waals surface area contributed by atoms with Gasteiger partial charge in [-0.3, -0.25) is 14.4 Å². The van der Waals surface area contributed by atoms with Crippen LogP contribution >= 0.6 is 0 Å². The number of rotatable bonds is 5. The smallest absolute Gasteiger partial charge is 0.249 e. The van der Waals surface area contributed by atoms with Crippen molar-refractivity contribution < 1.29 is 19.1 Å². The van der Waals surface area contributed by atoms with Gasteiger partial charge >= 0.3 is 0 Å². The normalized spacial score (nSPS) is 15.1. The molecule has 1 atom stereocenters. The highest BCUT2D eigenvalue weighted by Gasteiger charge is 2.32. The number of carbonyl (C=O) groups excluding carboxylic acids is 3. The van der Waals surface area contributed by atoms with Crippen molar-refractivity contribution in [2.45, 2.75) is 19.4 Å². The van der Waals surface area contributed by atoms with E-state index in [-0.39, 0.29) is 24.0 Å². The van der Waals surface area contributed by atoms with Gasteiger partial charge < -0.3 is 15.4 Å². The number of hydrogen-bond acceptors (Lipinski definition) is 5. The van der Waals surface area contributed by atoms with Gasteiger partial charge in [-0.25, -0.2) is 4.68 Å². The van der Waals surface area contributed by atoms with Crippen molar-refractivity contribution in [3.8, 4) is 17.0 Å². The summed E-state index contributed by atoms with van der Waals surface area (Å²) in [6, 6.07) is 14.9. The monoisotopic (exact) mass is 404 g/mol. The minimum atomic E-state index is -0.784. The Hall–Kier alpha value is -3.94. The van der Waals surface area contributed by atoms with Crippen LogP contribution in [0.15, 0.2) is 54.6 Å². The van der Waals surface area contributed by atoms with E-state index in [1.165, 1.54) is 11.6 Å². The molecule has 30 heavy (non-hydrogen) atoms. The van der Waals surface area contributed by atoms with Crippen LogP contribution in [0.25, 0.3) is 11.3 Å². The molecule has 4 rings (SSSR count). The number of methoxy groups -OCH3 is 1. The van der Waals surface area contributed by atoms with Gasteiger partial charge in [-0.2, -0.15) is 5.10 Å². The number of aromatic nitrogens is 2. The number of hydrogen-bond donors (Lipinski definition) is 2. The minimum Gasteiger partial charge on any atom is -0.497 e. The number of nitrogens with one attached hydrogen (secondary N) is 2. The zero-order valence-corrected chi connectivity index (χ0v) is 16.5. The number of amides is 2. The Balaban J connectivity index is 1.59. The molecule has 8 heteroatoms. The molecule has 8 nitrogen and oxygen atoms in total. The molecule has 0 saturated heterocycles. The second kappa shape index (κ2) is 7.82. The van der Waals surface area contributed by atoms with Crippen molar-refractivity contribution in [2.75, 3.05) is 17.7 Å². The third-order valence-electron chi connectivity index (χ3n) is 4.92. The molecule has 3 aromatic rings. The maximum atomic E-state index is 12.9. The van der Waals surface area contributed by atoms with Crippen LogP contribution in [0.2, 0.25) is 0 Å². The van der Waals surface area contributed by atoms with E-state index in [0.29, 0.717) is 22.8 Å². The van der Waals surface area contributed by atoms with E-state index in [2.05, 4.69) is 15.7 Å². The third-order valence-corrected chi connectivity index (χ3v) is 4.92. The van der Waals surface area contributed by atoms with Gasteiger partial charge in [-0.1, -0.05) is 0 Å². The Kier molecular flexibility index (Phi) is 5.05. The van der Waals surface area contributed by atoms with Gasteiger partial charge in [0, 0.05) is 22.9 Å². The van der Waals surface area contributed by atoms with Crippen molar-refractivity contribution >= 4 is 29.1 Å². The molecule has 0 unspecified atom stereocenters. The van der Waals surface area contributed by atoms with Gasteiger partial charge in [0.25, 0.3) is 0 Å². The summed E-state index contributed by atoms with van der Waals surface area (Å²) in [5.41, 5.74) is 2.58. The van der Waals surface area contributed by atoms with Crippen molar-refractivity contribution in [2.24, 2.45) is 0 Å². The standard InChI is InChI=1S/C22H20N4O4/c1-13(27)14-3-7-16(8-4-14)23-22(29)19-12-21(28)24-20-11-18(25-26(19)20)15-5-9-17(30-2)10-6-15/h3-11,19H,12H2,1-2H3,(H,23,29)(H,24,28)/t19-/m0/s1. The van der Waals surface area contributed by atoms with Crippen LogP contribution in [0, 0.1) is 0 Å². The Morgan fingerprint density at radius 2 is 1.83 bits per heavy atom. The van der Waals surface area contributed by atoms with Crippen molar-refractivity contribution in [3.05, 3.63) is 60.2 Å². The molecule has 1 aliphatic rings. The Morgan fingerprint density at radius 1 is 1.13 bits per heavy atom. The summed E-state index contributed by atoms with van der Waals surface area (Å²) in [5, 5.41) is 10.1. The number of carbonyl (C=O) groups is 3. The number of ether oxygens (including phenoxy) is 1. The summed E-state index contributed by atoms with van der Waals surface area (Å²) < 4.78 is 6.70. The number of fused-ring (bicyclic) bond motifs is 1. The first-order valence-electron chi connectivity index (χ1n) is 9.40. The summed E-state index contributed by atoms with van der Waals surface area (Å²) in [4.78, 5) is 36.4. The Bertz CT molecular complexity index is 1120. The fourth-order valence-electron chi connectivity index (χ4n) is 3.30. The molecule has 0 fully saturated rings. The molecule has 1 aliphatic heterocycles. The number of ketones is 1. The first kappa shape index (κ1) is 19.4. The second-order valence-electron chi connectivity index (χ2n) is 6.98. The average Bonchev–Trinajstić information content (AvgIpc) is 3.17. The van der Waals surface area contributed by atoms with Crippen LogP contribution in [0.1, 0.15) is 29.7 Å². The lowest BCUT2D eigenvalue weighted by molar-refractivity contribution is -0.125. The molecule has 0 saturated carbocycles. The van der Waals surface area contributed by atoms with Gasteiger partial charge in [0.2, 0.25) is 11.8 Å². The number of benzene rings is 2. The second-order valence-corrected chi connectivity index (χ2v) is 6.98. The van der Waals surface area contributed by atoms with Crippen LogP contribution in [0.3, 0.4) is 0 Å². The fourth-order valence-corrected chi connectivity index (χ4v) is 3.30. The molecular weight excluding hydrogens is 384 g/mol. The van der Waals surface area contributed by atoms with E-state index in [1.807, 2.05) is 24.3 Å². The topological polar surface area (TPSA) is 102 Å². The number of Topliss-reactive ketones (excluding diaryl/α,β-unsaturated/α-hetero) is 1. The highest BCUT2D eigenvalue weighted by atomic mass is 16.5. The predicted molar refractivity (Wildman–Crippen MR) is 112 cm³/mol. The van der Waals surface area contributed by atoms with Crippen LogP contribution in [-0.2, 0) is 9.59 Å². The number of nitrogens with zero attached hydrogens (tertiary/aromatic N) is 2. The van der Waals surface area contributed by atoms with Crippen LogP contribution in [0.4, 0.5) is 11.5 Å². The summed E-state index contributed by atoms with van der Waals surface area (Å²) in [6.45, 7) is 1.48. The third kappa shape index (κ3) is 3.80. The number of anilines is 2. The Morgan fingerprint density at radius 3 is 2.47 bits per heavy atom. The molecule has 2 aromatic carbocycles. The summed E-state index contributed by atoms with van der Waals surface area (Å²) in [6.07, 6.45) is -0.0197. The van der Waals surface area contributed by atoms with E-state index in [0.717, 1.165) is 11.3 Å². The largest absolute Gasteiger partial charge is 0.497 e. The van der Waals surface area contributed by atoms with Gasteiger partial charge in [-0.05, 0) is 55.5 Å². The molecule has 0 radical (unpaired) electrons. The first-order valence-corrected chi connectivity index (χ1v) is 9.40. The lowest BCUT2D eigenvalue weighted by atomic mass is 10.1. The molecule has 0 bridgehead atoms. The van der Waals surface area contributed by atoms with Gasteiger partial charge in [0.1, 0.15) is 17.6 Å². The maximum absolute atomic E-state index is 12.9. The lowest BCUT2D eigenvalue weighted by Gasteiger charge is -2.23. The van der Waals surface area contributed by atoms with Crippen LogP contribution < -0.4 is 15.4 Å². The maximum Gasteiger partial charge on any atom is 0.249 e. The van der Waals surface area contributed by atoms with E-state index in [1.54, 1.807) is 37.4 Å². The van der Waals surface area contributed by atoms with Crippen molar-refractivity contribution in [1.82, 2.24) is 9.78 Å². The van der Waals surface area contributed by atoms with E-state index in [9.17, 15) is 14.4 Å². The zero-order chi connectivity index (χ0) is 21.3. The van der Waals surface area contributed by atoms with Gasteiger partial charge in [0.15, 0.2) is 5.78 Å². The van der Waals surface area contributed by atoms with Gasteiger partial charge in [-0.15, -0.1) is 0 Å². The first-order chi connectivity index (χ1) is 14.4. The van der Waals surface area contributed by atoms with E-state index < -0.39 is 6.04 Å². The molecule has 0 aliphatic carbocycles. The lowest BCUT2D eigenvalue weighted by Crippen LogP contribution is -2.35. The molecule has 2 amide bonds. The van der Waals surface area contributed by atoms with E-state index >= 15 is 0 Å². The molecule has 152 valence electrons. The highest BCUT2D eigenvalue weighted by molar-refractivity contribution is 6.02. The van der Waals surface area contributed by atoms with Crippen LogP contribution in [-0.4, -0.2) is 34.5 Å².